The van der Waals surface area contributed by atoms with Crippen LogP contribution in [0.4, 0.5) is 0 Å². The number of nitriles is 1. The van der Waals surface area contributed by atoms with E-state index in [4.69, 9.17) is 0 Å². The molecule has 1 aliphatic rings. The Labute approximate surface area is 140 Å². The van der Waals surface area contributed by atoms with Crippen LogP contribution in [0.5, 0.6) is 0 Å². The number of para-hydroxylation sites is 2. The zero-order valence-electron chi connectivity index (χ0n) is 13.4. The van der Waals surface area contributed by atoms with Gasteiger partial charge in [0.25, 0.3) is 0 Å². The molecule has 1 aromatic carbocycles. The summed E-state index contributed by atoms with van der Waals surface area (Å²) in [6, 6.07) is 10.2. The molecule has 1 fully saturated rings. The molecule has 1 aliphatic carbocycles. The largest absolute Gasteiger partial charge is 0.337 e. The number of carbonyl (C=O) groups is 1. The number of imidazole rings is 1. The van der Waals surface area contributed by atoms with E-state index in [9.17, 15) is 10.1 Å². The summed E-state index contributed by atoms with van der Waals surface area (Å²) in [6.45, 7) is 4.69. The van der Waals surface area contributed by atoms with E-state index in [1.165, 1.54) is 11.8 Å². The Balaban J connectivity index is 1.68. The summed E-state index contributed by atoms with van der Waals surface area (Å²) >= 11 is 1.42. The van der Waals surface area contributed by atoms with Crippen LogP contribution in [-0.2, 0) is 11.3 Å². The van der Waals surface area contributed by atoms with E-state index < -0.39 is 5.54 Å². The highest BCUT2D eigenvalue weighted by Gasteiger charge is 2.42. The SMILES string of the molecule is CCn1c(SCC(=O)N[C@@](C)(C#N)C2CC2)nc2ccccc21. The highest BCUT2D eigenvalue weighted by Crippen LogP contribution is 2.39. The number of thioether (sulfide) groups is 1. The number of hydrogen-bond donors (Lipinski definition) is 1. The van der Waals surface area contributed by atoms with Crippen molar-refractivity contribution in [1.29, 1.82) is 5.26 Å². The highest BCUT2D eigenvalue weighted by molar-refractivity contribution is 7.99. The summed E-state index contributed by atoms with van der Waals surface area (Å²) in [6.07, 6.45) is 2.03. The maximum absolute atomic E-state index is 12.2. The summed E-state index contributed by atoms with van der Waals surface area (Å²) in [5.41, 5.74) is 1.29. The number of fused-ring (bicyclic) bond motifs is 1. The normalized spacial score (nSPS) is 16.7. The van der Waals surface area contributed by atoms with Gasteiger partial charge in [0.15, 0.2) is 5.16 Å². The fourth-order valence-electron chi connectivity index (χ4n) is 2.81. The van der Waals surface area contributed by atoms with Crippen molar-refractivity contribution in [3.63, 3.8) is 0 Å². The summed E-state index contributed by atoms with van der Waals surface area (Å²) in [5.74, 6) is 0.454. The predicted molar refractivity (Wildman–Crippen MR) is 91.0 cm³/mol. The Bertz CT molecular complexity index is 774. The maximum Gasteiger partial charge on any atom is 0.231 e. The van der Waals surface area contributed by atoms with Gasteiger partial charge in [-0.05, 0) is 44.7 Å². The molecule has 120 valence electrons. The summed E-state index contributed by atoms with van der Waals surface area (Å²) in [5, 5.41) is 13.0. The van der Waals surface area contributed by atoms with Crippen LogP contribution in [0.25, 0.3) is 11.0 Å². The lowest BCUT2D eigenvalue weighted by Crippen LogP contribution is -2.47. The molecule has 0 radical (unpaired) electrons. The summed E-state index contributed by atoms with van der Waals surface area (Å²) in [4.78, 5) is 16.8. The number of aromatic nitrogens is 2. The van der Waals surface area contributed by atoms with Crippen LogP contribution >= 0.6 is 11.8 Å². The van der Waals surface area contributed by atoms with Crippen molar-refractivity contribution in [2.24, 2.45) is 5.92 Å². The predicted octanol–water partition coefficient (Wildman–Crippen LogP) is 2.96. The van der Waals surface area contributed by atoms with Crippen LogP contribution in [0.1, 0.15) is 26.7 Å². The molecule has 0 aliphatic heterocycles. The smallest absolute Gasteiger partial charge is 0.231 e. The van der Waals surface area contributed by atoms with Crippen molar-refractivity contribution >= 4 is 28.7 Å². The quantitative estimate of drug-likeness (QED) is 0.828. The number of benzene rings is 1. The molecule has 1 atom stereocenters. The molecular formula is C17H20N4OS. The molecule has 0 unspecified atom stereocenters. The lowest BCUT2D eigenvalue weighted by Gasteiger charge is -2.22. The molecule has 5 nitrogen and oxygen atoms in total. The topological polar surface area (TPSA) is 70.7 Å². The Kier molecular flexibility index (Phi) is 4.31. The Morgan fingerprint density at radius 2 is 2.26 bits per heavy atom. The van der Waals surface area contributed by atoms with Crippen molar-refractivity contribution in [2.75, 3.05) is 5.75 Å². The number of nitrogens with one attached hydrogen (secondary N) is 1. The van der Waals surface area contributed by atoms with Gasteiger partial charge in [0.05, 0.1) is 22.9 Å². The first-order valence-corrected chi connectivity index (χ1v) is 8.86. The summed E-state index contributed by atoms with van der Waals surface area (Å²) < 4.78 is 2.11. The van der Waals surface area contributed by atoms with Gasteiger partial charge in [-0.3, -0.25) is 4.79 Å². The first kappa shape index (κ1) is 15.9. The molecule has 23 heavy (non-hydrogen) atoms. The molecule has 1 aromatic heterocycles. The van der Waals surface area contributed by atoms with E-state index in [1.807, 2.05) is 31.2 Å². The van der Waals surface area contributed by atoms with Gasteiger partial charge < -0.3 is 9.88 Å². The second-order valence-corrected chi connectivity index (χ2v) is 7.00. The van der Waals surface area contributed by atoms with Gasteiger partial charge in [0.1, 0.15) is 5.54 Å². The third kappa shape index (κ3) is 3.20. The molecule has 0 spiro atoms. The lowest BCUT2D eigenvalue weighted by molar-refractivity contribution is -0.119. The van der Waals surface area contributed by atoms with Crippen LogP contribution in [-0.4, -0.2) is 26.8 Å². The number of carbonyl (C=O) groups excluding carboxylic acids is 1. The fourth-order valence-corrected chi connectivity index (χ4v) is 3.69. The van der Waals surface area contributed by atoms with Gasteiger partial charge in [-0.1, -0.05) is 23.9 Å². The minimum Gasteiger partial charge on any atom is -0.337 e. The number of rotatable bonds is 6. The van der Waals surface area contributed by atoms with E-state index in [0.29, 0.717) is 5.92 Å². The maximum atomic E-state index is 12.2. The Morgan fingerprint density at radius 3 is 2.91 bits per heavy atom. The van der Waals surface area contributed by atoms with Crippen molar-refractivity contribution in [3.8, 4) is 6.07 Å². The van der Waals surface area contributed by atoms with Crippen LogP contribution < -0.4 is 5.32 Å². The van der Waals surface area contributed by atoms with Gasteiger partial charge in [0.2, 0.25) is 5.91 Å². The van der Waals surface area contributed by atoms with Crippen LogP contribution in [0.2, 0.25) is 0 Å². The molecule has 1 amide bonds. The minimum atomic E-state index is -0.734. The zero-order chi connectivity index (χ0) is 16.4. The first-order valence-electron chi connectivity index (χ1n) is 7.87. The molecule has 2 aromatic rings. The van der Waals surface area contributed by atoms with Gasteiger partial charge in [-0.25, -0.2) is 4.98 Å². The fraction of sp³-hybridized carbons (Fsp3) is 0.471. The van der Waals surface area contributed by atoms with Crippen LogP contribution in [0, 0.1) is 17.2 Å². The first-order chi connectivity index (χ1) is 11.1. The minimum absolute atomic E-state index is 0.111. The van der Waals surface area contributed by atoms with Gasteiger partial charge in [-0.15, -0.1) is 0 Å². The number of hydrogen-bond acceptors (Lipinski definition) is 4. The molecule has 0 saturated heterocycles. The molecule has 1 saturated carbocycles. The van der Waals surface area contributed by atoms with Crippen molar-refractivity contribution < 1.29 is 4.79 Å². The second-order valence-electron chi connectivity index (χ2n) is 6.05. The van der Waals surface area contributed by atoms with Crippen molar-refractivity contribution in [2.45, 2.75) is 43.9 Å². The number of nitrogens with zero attached hydrogens (tertiary/aromatic N) is 3. The zero-order valence-corrected chi connectivity index (χ0v) is 14.2. The van der Waals surface area contributed by atoms with E-state index >= 15 is 0 Å². The highest BCUT2D eigenvalue weighted by atomic mass is 32.2. The second kappa shape index (κ2) is 6.25. The number of amides is 1. The molecular weight excluding hydrogens is 308 g/mol. The lowest BCUT2D eigenvalue weighted by atomic mass is 9.98. The average molecular weight is 328 g/mol. The van der Waals surface area contributed by atoms with Gasteiger partial charge in [0, 0.05) is 6.54 Å². The number of aryl methyl sites for hydroxylation is 1. The Hall–Kier alpha value is -2.00. The third-order valence-electron chi connectivity index (χ3n) is 4.29. The van der Waals surface area contributed by atoms with E-state index in [2.05, 4.69) is 27.9 Å². The molecule has 3 rings (SSSR count). The summed E-state index contributed by atoms with van der Waals surface area (Å²) in [7, 11) is 0. The average Bonchev–Trinajstić information content (AvgIpc) is 3.34. The van der Waals surface area contributed by atoms with Crippen molar-refractivity contribution in [1.82, 2.24) is 14.9 Å². The van der Waals surface area contributed by atoms with Crippen molar-refractivity contribution in [3.05, 3.63) is 24.3 Å². The standard InChI is InChI=1S/C17H20N4OS/c1-3-21-14-7-5-4-6-13(14)19-16(21)23-10-15(22)20-17(2,11-18)12-8-9-12/h4-7,12H,3,8-10H2,1-2H3,(H,20,22)/t17-/m0/s1. The molecule has 0 bridgehead atoms. The van der Waals surface area contributed by atoms with Gasteiger partial charge in [-0.2, -0.15) is 5.26 Å². The monoisotopic (exact) mass is 328 g/mol. The van der Waals surface area contributed by atoms with E-state index in [1.54, 1.807) is 0 Å². The molecule has 1 heterocycles. The molecule has 1 N–H and O–H groups in total. The van der Waals surface area contributed by atoms with Crippen LogP contribution in [0.3, 0.4) is 0 Å². The van der Waals surface area contributed by atoms with Gasteiger partial charge >= 0.3 is 0 Å². The third-order valence-corrected chi connectivity index (χ3v) is 5.27. The molecule has 6 heteroatoms. The van der Waals surface area contributed by atoms with Crippen LogP contribution in [0.15, 0.2) is 29.4 Å². The van der Waals surface area contributed by atoms with E-state index in [0.717, 1.165) is 35.6 Å². The Morgan fingerprint density at radius 1 is 1.52 bits per heavy atom. The van der Waals surface area contributed by atoms with E-state index in [-0.39, 0.29) is 11.7 Å².